The number of nitrogens with zero attached hydrogens (tertiary/aromatic N) is 3. The van der Waals surface area contributed by atoms with Crippen LogP contribution in [-0.2, 0) is 0 Å². The average molecular weight is 269 g/mol. The monoisotopic (exact) mass is 268 g/mol. The van der Waals surface area contributed by atoms with Gasteiger partial charge in [0.1, 0.15) is 6.10 Å². The standard InChI is InChI=1S/C9H9BrN4O/c10-7-2-1-3-8-9(7)15-6(4-12-8)5-13-14-11/h1-3,6,12H,4-5H2/t6-/m0/s1. The van der Waals surface area contributed by atoms with Gasteiger partial charge in [-0.25, -0.2) is 0 Å². The van der Waals surface area contributed by atoms with Crippen LogP contribution in [0.1, 0.15) is 0 Å². The minimum absolute atomic E-state index is 0.105. The van der Waals surface area contributed by atoms with E-state index in [1.165, 1.54) is 0 Å². The molecule has 0 aliphatic carbocycles. The molecule has 0 saturated carbocycles. The summed E-state index contributed by atoms with van der Waals surface area (Å²) in [6.07, 6.45) is -0.105. The molecule has 0 aromatic heterocycles. The van der Waals surface area contributed by atoms with Crippen LogP contribution in [0.4, 0.5) is 5.69 Å². The highest BCUT2D eigenvalue weighted by Crippen LogP contribution is 2.36. The Morgan fingerprint density at radius 2 is 2.53 bits per heavy atom. The third-order valence-electron chi connectivity index (χ3n) is 2.12. The first-order chi connectivity index (χ1) is 7.31. The summed E-state index contributed by atoms with van der Waals surface area (Å²) in [5.74, 6) is 0.780. The summed E-state index contributed by atoms with van der Waals surface area (Å²) in [5.41, 5.74) is 9.18. The molecule has 0 unspecified atom stereocenters. The lowest BCUT2D eigenvalue weighted by atomic mass is 10.2. The van der Waals surface area contributed by atoms with E-state index in [1.54, 1.807) is 0 Å². The number of hydrogen-bond donors (Lipinski definition) is 1. The molecule has 78 valence electrons. The zero-order chi connectivity index (χ0) is 10.7. The van der Waals surface area contributed by atoms with Crippen molar-refractivity contribution in [2.45, 2.75) is 6.10 Å². The van der Waals surface area contributed by atoms with Gasteiger partial charge in [-0.2, -0.15) is 0 Å². The molecule has 0 radical (unpaired) electrons. The number of fused-ring (bicyclic) bond motifs is 1. The maximum absolute atomic E-state index is 8.22. The number of nitrogens with one attached hydrogen (secondary N) is 1. The van der Waals surface area contributed by atoms with Crippen LogP contribution in [0.2, 0.25) is 0 Å². The first kappa shape index (κ1) is 10.1. The Morgan fingerprint density at radius 3 is 3.33 bits per heavy atom. The number of hydrogen-bond acceptors (Lipinski definition) is 3. The first-order valence-electron chi connectivity index (χ1n) is 4.51. The number of para-hydroxylation sites is 1. The van der Waals surface area contributed by atoms with E-state index in [9.17, 15) is 0 Å². The average Bonchev–Trinajstić information content (AvgIpc) is 2.27. The molecule has 1 aromatic rings. The van der Waals surface area contributed by atoms with Crippen molar-refractivity contribution in [3.05, 3.63) is 33.1 Å². The second-order valence-electron chi connectivity index (χ2n) is 3.15. The number of rotatable bonds is 2. The largest absolute Gasteiger partial charge is 0.485 e. The zero-order valence-electron chi connectivity index (χ0n) is 7.85. The summed E-state index contributed by atoms with van der Waals surface area (Å²) in [4.78, 5) is 2.71. The fourth-order valence-corrected chi connectivity index (χ4v) is 1.89. The third-order valence-corrected chi connectivity index (χ3v) is 2.74. The van der Waals surface area contributed by atoms with Gasteiger partial charge < -0.3 is 10.1 Å². The topological polar surface area (TPSA) is 70.0 Å². The van der Waals surface area contributed by atoms with Gasteiger partial charge in [0.15, 0.2) is 5.75 Å². The smallest absolute Gasteiger partial charge is 0.157 e. The predicted octanol–water partition coefficient (Wildman–Crippen LogP) is 2.93. The Bertz CT molecular complexity index is 417. The van der Waals surface area contributed by atoms with Crippen molar-refractivity contribution in [1.82, 2.24) is 0 Å². The molecular weight excluding hydrogens is 260 g/mol. The van der Waals surface area contributed by atoms with Crippen molar-refractivity contribution < 1.29 is 4.74 Å². The first-order valence-corrected chi connectivity index (χ1v) is 5.30. The van der Waals surface area contributed by atoms with Crippen molar-refractivity contribution >= 4 is 21.6 Å². The van der Waals surface area contributed by atoms with Crippen LogP contribution >= 0.6 is 15.9 Å². The van der Waals surface area contributed by atoms with Crippen molar-refractivity contribution in [3.8, 4) is 5.75 Å². The zero-order valence-corrected chi connectivity index (χ0v) is 9.44. The van der Waals surface area contributed by atoms with E-state index in [0.29, 0.717) is 13.1 Å². The number of benzene rings is 1. The molecule has 1 atom stereocenters. The van der Waals surface area contributed by atoms with Gasteiger partial charge in [-0.15, -0.1) is 0 Å². The Labute approximate surface area is 95.2 Å². The van der Waals surface area contributed by atoms with E-state index in [-0.39, 0.29) is 6.10 Å². The summed E-state index contributed by atoms with van der Waals surface area (Å²) in [6.45, 7) is 0.993. The van der Waals surface area contributed by atoms with Crippen molar-refractivity contribution in [2.75, 3.05) is 18.4 Å². The molecule has 15 heavy (non-hydrogen) atoms. The van der Waals surface area contributed by atoms with E-state index in [1.807, 2.05) is 18.2 Å². The minimum Gasteiger partial charge on any atom is -0.485 e. The summed E-state index contributed by atoms with van der Waals surface area (Å²) in [6, 6.07) is 5.80. The van der Waals surface area contributed by atoms with E-state index in [0.717, 1.165) is 15.9 Å². The SMILES string of the molecule is [N-]=[N+]=NC[C@@H]1CNc2cccc(Br)c2O1. The van der Waals surface area contributed by atoms with Gasteiger partial charge in [-0.1, -0.05) is 11.2 Å². The Morgan fingerprint density at radius 1 is 1.67 bits per heavy atom. The molecule has 2 rings (SSSR count). The molecule has 0 bridgehead atoms. The molecule has 6 heteroatoms. The highest BCUT2D eigenvalue weighted by molar-refractivity contribution is 9.10. The van der Waals surface area contributed by atoms with Crippen LogP contribution in [0, 0.1) is 0 Å². The summed E-state index contributed by atoms with van der Waals surface area (Å²) in [7, 11) is 0. The molecule has 1 aliphatic rings. The summed E-state index contributed by atoms with van der Waals surface area (Å²) >= 11 is 3.41. The van der Waals surface area contributed by atoms with Crippen LogP contribution in [0.15, 0.2) is 27.8 Å². The Hall–Kier alpha value is -1.39. The van der Waals surface area contributed by atoms with Gasteiger partial charge in [-0.05, 0) is 33.6 Å². The second kappa shape index (κ2) is 4.42. The predicted molar refractivity (Wildman–Crippen MR) is 61.1 cm³/mol. The highest BCUT2D eigenvalue weighted by atomic mass is 79.9. The lowest BCUT2D eigenvalue weighted by Gasteiger charge is -2.27. The van der Waals surface area contributed by atoms with E-state index in [4.69, 9.17) is 10.3 Å². The molecule has 1 aliphatic heterocycles. The van der Waals surface area contributed by atoms with E-state index in [2.05, 4.69) is 31.3 Å². The molecule has 1 heterocycles. The molecule has 0 spiro atoms. The summed E-state index contributed by atoms with van der Waals surface area (Å²) < 4.78 is 6.59. The fourth-order valence-electron chi connectivity index (χ4n) is 1.43. The Balaban J connectivity index is 2.18. The third kappa shape index (κ3) is 2.16. The van der Waals surface area contributed by atoms with E-state index >= 15 is 0 Å². The lowest BCUT2D eigenvalue weighted by molar-refractivity contribution is 0.212. The number of azide groups is 1. The fraction of sp³-hybridized carbons (Fsp3) is 0.333. The van der Waals surface area contributed by atoms with Crippen LogP contribution in [0.25, 0.3) is 10.4 Å². The highest BCUT2D eigenvalue weighted by Gasteiger charge is 2.20. The summed E-state index contributed by atoms with van der Waals surface area (Å²) in [5, 5.41) is 6.72. The van der Waals surface area contributed by atoms with Gasteiger partial charge in [0, 0.05) is 4.91 Å². The van der Waals surface area contributed by atoms with Crippen LogP contribution < -0.4 is 10.1 Å². The molecule has 1 aromatic carbocycles. The quantitative estimate of drug-likeness (QED) is 0.509. The number of halogens is 1. The van der Waals surface area contributed by atoms with Crippen molar-refractivity contribution in [1.29, 1.82) is 0 Å². The minimum atomic E-state index is -0.105. The van der Waals surface area contributed by atoms with Crippen molar-refractivity contribution in [3.63, 3.8) is 0 Å². The van der Waals surface area contributed by atoms with Crippen molar-refractivity contribution in [2.24, 2.45) is 5.11 Å². The maximum Gasteiger partial charge on any atom is 0.157 e. The molecular formula is C9H9BrN4O. The maximum atomic E-state index is 8.22. The van der Waals surface area contributed by atoms with Crippen LogP contribution in [0.5, 0.6) is 5.75 Å². The number of ether oxygens (including phenoxy) is 1. The molecule has 0 amide bonds. The van der Waals surface area contributed by atoms with Crippen LogP contribution in [-0.4, -0.2) is 19.2 Å². The molecule has 0 saturated heterocycles. The molecule has 0 fully saturated rings. The van der Waals surface area contributed by atoms with Gasteiger partial charge in [0.05, 0.1) is 23.2 Å². The molecule has 1 N–H and O–H groups in total. The normalized spacial score (nSPS) is 18.1. The van der Waals surface area contributed by atoms with Gasteiger partial charge in [0.25, 0.3) is 0 Å². The van der Waals surface area contributed by atoms with Gasteiger partial charge >= 0.3 is 0 Å². The number of anilines is 1. The van der Waals surface area contributed by atoms with E-state index < -0.39 is 0 Å². The Kier molecular flexibility index (Phi) is 2.99. The second-order valence-corrected chi connectivity index (χ2v) is 4.01. The molecule has 5 nitrogen and oxygen atoms in total. The van der Waals surface area contributed by atoms with Gasteiger partial charge in [-0.3, -0.25) is 0 Å². The van der Waals surface area contributed by atoms with Gasteiger partial charge in [0.2, 0.25) is 0 Å². The van der Waals surface area contributed by atoms with Crippen LogP contribution in [0.3, 0.4) is 0 Å². The lowest BCUT2D eigenvalue weighted by Crippen LogP contribution is -2.33.